The second-order valence-electron chi connectivity index (χ2n) is 5.19. The molecule has 0 aliphatic carbocycles. The number of hydrogen-bond acceptors (Lipinski definition) is 5. The Balaban J connectivity index is 2.42. The van der Waals surface area contributed by atoms with Gasteiger partial charge in [0.1, 0.15) is 5.69 Å². The van der Waals surface area contributed by atoms with Crippen LogP contribution in [0, 0.1) is 10.1 Å². The van der Waals surface area contributed by atoms with E-state index in [9.17, 15) is 15.2 Å². The molecule has 0 bridgehead atoms. The molecule has 6 heteroatoms. The second-order valence-corrected chi connectivity index (χ2v) is 6.68. The molecule has 2 rings (SSSR count). The van der Waals surface area contributed by atoms with Crippen molar-refractivity contribution in [2.75, 3.05) is 17.2 Å². The summed E-state index contributed by atoms with van der Waals surface area (Å²) in [5.41, 5.74) is 1.31. The van der Waals surface area contributed by atoms with Gasteiger partial charge in [-0.25, -0.2) is 0 Å². The molecule has 5 nitrogen and oxygen atoms in total. The fourth-order valence-electron chi connectivity index (χ4n) is 2.46. The average Bonchev–Trinajstić information content (AvgIpc) is 2.41. The van der Waals surface area contributed by atoms with Gasteiger partial charge in [0.05, 0.1) is 11.0 Å². The number of thioether (sulfide) groups is 1. The third kappa shape index (κ3) is 2.91. The summed E-state index contributed by atoms with van der Waals surface area (Å²) in [4.78, 5) is 13.1. The van der Waals surface area contributed by atoms with E-state index >= 15 is 0 Å². The molecule has 1 aromatic carbocycles. The molecule has 1 fully saturated rings. The first-order valence-electron chi connectivity index (χ1n) is 6.76. The minimum Gasteiger partial charge on any atom is -0.389 e. The van der Waals surface area contributed by atoms with E-state index in [4.69, 9.17) is 0 Å². The van der Waals surface area contributed by atoms with Gasteiger partial charge in [-0.3, -0.25) is 10.1 Å². The standard InChI is InChI=1S/C14H20N2O3S/c1-9-11(3)20-7-6-15(9)13-5-4-12(10(2)17)8-14(13)16(18)19/h4-5,8-11,17H,6-7H2,1-3H3/t9?,10-,11?/m0/s1. The molecule has 20 heavy (non-hydrogen) atoms. The van der Waals surface area contributed by atoms with Crippen LogP contribution in [0.5, 0.6) is 0 Å². The molecule has 1 saturated heterocycles. The summed E-state index contributed by atoms with van der Waals surface area (Å²) in [5.74, 6) is 0.973. The maximum atomic E-state index is 11.3. The van der Waals surface area contributed by atoms with Crippen molar-refractivity contribution in [3.63, 3.8) is 0 Å². The van der Waals surface area contributed by atoms with Crippen molar-refractivity contribution in [3.05, 3.63) is 33.9 Å². The SMILES string of the molecule is CC1SCCN(c2ccc([C@H](C)O)cc2[N+](=O)[O-])C1C. The van der Waals surface area contributed by atoms with E-state index in [-0.39, 0.29) is 16.7 Å². The van der Waals surface area contributed by atoms with E-state index in [2.05, 4.69) is 18.7 Å². The van der Waals surface area contributed by atoms with Crippen molar-refractivity contribution >= 4 is 23.1 Å². The van der Waals surface area contributed by atoms with Crippen LogP contribution in [0.1, 0.15) is 32.4 Å². The number of anilines is 1. The van der Waals surface area contributed by atoms with Gasteiger partial charge in [0.25, 0.3) is 5.69 Å². The molecule has 0 spiro atoms. The third-order valence-electron chi connectivity index (χ3n) is 3.87. The first kappa shape index (κ1) is 15.1. The van der Waals surface area contributed by atoms with E-state index in [1.54, 1.807) is 19.1 Å². The topological polar surface area (TPSA) is 66.6 Å². The lowest BCUT2D eigenvalue weighted by Gasteiger charge is -2.38. The van der Waals surface area contributed by atoms with Gasteiger partial charge >= 0.3 is 0 Å². The number of aliphatic hydroxyl groups excluding tert-OH is 1. The van der Waals surface area contributed by atoms with Crippen molar-refractivity contribution in [2.24, 2.45) is 0 Å². The molecule has 1 N–H and O–H groups in total. The molecule has 0 radical (unpaired) electrons. The van der Waals surface area contributed by atoms with Crippen LogP contribution in [0.4, 0.5) is 11.4 Å². The predicted molar refractivity (Wildman–Crippen MR) is 82.5 cm³/mol. The lowest BCUT2D eigenvalue weighted by atomic mass is 10.1. The Labute approximate surface area is 123 Å². The number of benzene rings is 1. The Bertz CT molecular complexity index is 507. The summed E-state index contributed by atoms with van der Waals surface area (Å²) in [7, 11) is 0. The number of nitro groups is 1. The lowest BCUT2D eigenvalue weighted by molar-refractivity contribution is -0.384. The van der Waals surface area contributed by atoms with Gasteiger partial charge in [-0.1, -0.05) is 13.0 Å². The largest absolute Gasteiger partial charge is 0.389 e. The van der Waals surface area contributed by atoms with Crippen molar-refractivity contribution in [3.8, 4) is 0 Å². The summed E-state index contributed by atoms with van der Waals surface area (Å²) < 4.78 is 0. The fourth-order valence-corrected chi connectivity index (χ4v) is 3.56. The molecular weight excluding hydrogens is 276 g/mol. The van der Waals surface area contributed by atoms with Crippen molar-refractivity contribution in [1.29, 1.82) is 0 Å². The molecular formula is C14H20N2O3S. The molecule has 1 aliphatic heterocycles. The molecule has 0 aromatic heterocycles. The van der Waals surface area contributed by atoms with Crippen molar-refractivity contribution in [1.82, 2.24) is 0 Å². The molecule has 1 aromatic rings. The maximum absolute atomic E-state index is 11.3. The van der Waals surface area contributed by atoms with Gasteiger partial charge in [0.2, 0.25) is 0 Å². The van der Waals surface area contributed by atoms with Crippen LogP contribution in [0.25, 0.3) is 0 Å². The van der Waals surface area contributed by atoms with Gasteiger partial charge < -0.3 is 10.0 Å². The second kappa shape index (κ2) is 6.01. The molecule has 0 saturated carbocycles. The van der Waals surface area contributed by atoms with Gasteiger partial charge in [-0.2, -0.15) is 11.8 Å². The molecule has 1 heterocycles. The predicted octanol–water partition coefficient (Wildman–Crippen LogP) is 2.98. The van der Waals surface area contributed by atoms with E-state index in [1.807, 2.05) is 11.8 Å². The Morgan fingerprint density at radius 2 is 2.20 bits per heavy atom. The Morgan fingerprint density at radius 3 is 2.80 bits per heavy atom. The maximum Gasteiger partial charge on any atom is 0.292 e. The highest BCUT2D eigenvalue weighted by Gasteiger charge is 2.30. The lowest BCUT2D eigenvalue weighted by Crippen LogP contribution is -2.45. The minimum atomic E-state index is -0.698. The molecule has 1 aliphatic rings. The number of hydrogen-bond donors (Lipinski definition) is 1. The first-order chi connectivity index (χ1) is 9.41. The Kier molecular flexibility index (Phi) is 4.55. The zero-order valence-electron chi connectivity index (χ0n) is 11.9. The summed E-state index contributed by atoms with van der Waals surface area (Å²) >= 11 is 1.90. The van der Waals surface area contributed by atoms with E-state index in [0.717, 1.165) is 12.3 Å². The van der Waals surface area contributed by atoms with Gasteiger partial charge in [-0.05, 0) is 25.5 Å². The van der Waals surface area contributed by atoms with E-state index in [0.29, 0.717) is 16.5 Å². The van der Waals surface area contributed by atoms with Crippen LogP contribution in [0.15, 0.2) is 18.2 Å². The van der Waals surface area contributed by atoms with E-state index < -0.39 is 6.10 Å². The fraction of sp³-hybridized carbons (Fsp3) is 0.571. The van der Waals surface area contributed by atoms with Crippen LogP contribution in [-0.2, 0) is 0 Å². The molecule has 2 unspecified atom stereocenters. The first-order valence-corrected chi connectivity index (χ1v) is 7.81. The van der Waals surface area contributed by atoms with Gasteiger partial charge in [-0.15, -0.1) is 0 Å². The average molecular weight is 296 g/mol. The third-order valence-corrected chi connectivity index (χ3v) is 5.21. The van der Waals surface area contributed by atoms with Crippen LogP contribution in [0.2, 0.25) is 0 Å². The Morgan fingerprint density at radius 1 is 1.50 bits per heavy atom. The van der Waals surface area contributed by atoms with Gasteiger partial charge in [0, 0.05) is 29.7 Å². The normalized spacial score (nSPS) is 24.5. The number of aliphatic hydroxyl groups is 1. The molecule has 3 atom stereocenters. The zero-order valence-corrected chi connectivity index (χ0v) is 12.8. The van der Waals surface area contributed by atoms with Crippen LogP contribution >= 0.6 is 11.8 Å². The molecule has 0 amide bonds. The highest BCUT2D eigenvalue weighted by molar-refractivity contribution is 8.00. The Hall–Kier alpha value is -1.27. The number of rotatable bonds is 3. The highest BCUT2D eigenvalue weighted by atomic mass is 32.2. The monoisotopic (exact) mass is 296 g/mol. The minimum absolute atomic E-state index is 0.0781. The van der Waals surface area contributed by atoms with Crippen LogP contribution < -0.4 is 4.90 Å². The smallest absolute Gasteiger partial charge is 0.292 e. The van der Waals surface area contributed by atoms with Crippen LogP contribution in [-0.4, -0.2) is 33.6 Å². The number of nitrogens with zero attached hydrogens (tertiary/aromatic N) is 2. The summed E-state index contributed by atoms with van der Waals surface area (Å²) in [6.07, 6.45) is -0.698. The quantitative estimate of drug-likeness (QED) is 0.686. The number of nitro benzene ring substituents is 1. The molecule has 110 valence electrons. The summed E-state index contributed by atoms with van der Waals surface area (Å²) in [6.45, 7) is 6.67. The van der Waals surface area contributed by atoms with Crippen molar-refractivity contribution < 1.29 is 10.0 Å². The zero-order chi connectivity index (χ0) is 14.9. The van der Waals surface area contributed by atoms with Crippen LogP contribution in [0.3, 0.4) is 0 Å². The van der Waals surface area contributed by atoms with Gasteiger partial charge in [0.15, 0.2) is 0 Å². The van der Waals surface area contributed by atoms with Crippen molar-refractivity contribution in [2.45, 2.75) is 38.2 Å². The summed E-state index contributed by atoms with van der Waals surface area (Å²) in [5, 5.41) is 21.3. The van der Waals surface area contributed by atoms with E-state index in [1.165, 1.54) is 6.07 Å². The highest BCUT2D eigenvalue weighted by Crippen LogP contribution is 2.36. The summed E-state index contributed by atoms with van der Waals surface area (Å²) in [6, 6.07) is 5.27.